The molecular weight excluding hydrogens is 412 g/mol. The van der Waals surface area contributed by atoms with Crippen LogP contribution in [0.2, 0.25) is 0 Å². The molecule has 168 valence electrons. The van der Waals surface area contributed by atoms with Crippen molar-refractivity contribution in [2.75, 3.05) is 0 Å². The summed E-state index contributed by atoms with van der Waals surface area (Å²) >= 11 is 0. The number of hydrogen-bond acceptors (Lipinski definition) is 3. The van der Waals surface area contributed by atoms with Crippen molar-refractivity contribution >= 4 is 22.8 Å². The summed E-state index contributed by atoms with van der Waals surface area (Å²) in [7, 11) is 0. The monoisotopic (exact) mass is 440 g/mol. The van der Waals surface area contributed by atoms with Gasteiger partial charge >= 0.3 is 0 Å². The van der Waals surface area contributed by atoms with Crippen LogP contribution in [-0.4, -0.2) is 21.4 Å². The standard InChI is InChI=1S/C27H28N4O2/c1-18-8-12-21(13-9-18)16-28-25(32)17-31-24-7-5-4-6-23(24)30-26(31)20(3)29-27(33)22-14-10-19(2)11-15-22/h4-15,20H,16-17H2,1-3H3,(H,28,32)(H,29,33). The molecule has 0 fully saturated rings. The van der Waals surface area contributed by atoms with Crippen molar-refractivity contribution in [1.29, 1.82) is 0 Å². The molecule has 4 rings (SSSR count). The summed E-state index contributed by atoms with van der Waals surface area (Å²) in [4.78, 5) is 30.3. The van der Waals surface area contributed by atoms with Gasteiger partial charge in [-0.25, -0.2) is 4.98 Å². The maximum absolute atomic E-state index is 12.8. The number of benzene rings is 3. The van der Waals surface area contributed by atoms with E-state index in [1.54, 1.807) is 12.1 Å². The van der Waals surface area contributed by atoms with Crippen LogP contribution >= 0.6 is 0 Å². The molecule has 6 heteroatoms. The molecule has 1 aromatic heterocycles. The van der Waals surface area contributed by atoms with E-state index >= 15 is 0 Å². The van der Waals surface area contributed by atoms with Gasteiger partial charge in [-0.1, -0.05) is 59.7 Å². The Kier molecular flexibility index (Phi) is 6.54. The van der Waals surface area contributed by atoms with Crippen LogP contribution in [0.15, 0.2) is 72.8 Å². The number of nitrogens with zero attached hydrogens (tertiary/aromatic N) is 2. The first-order valence-corrected chi connectivity index (χ1v) is 11.1. The Hall–Kier alpha value is -3.93. The van der Waals surface area contributed by atoms with E-state index in [9.17, 15) is 9.59 Å². The molecule has 33 heavy (non-hydrogen) atoms. The lowest BCUT2D eigenvalue weighted by Crippen LogP contribution is -2.31. The quantitative estimate of drug-likeness (QED) is 0.445. The second-order valence-electron chi connectivity index (χ2n) is 8.37. The van der Waals surface area contributed by atoms with Crippen LogP contribution in [-0.2, 0) is 17.9 Å². The Morgan fingerprint density at radius 1 is 0.909 bits per heavy atom. The van der Waals surface area contributed by atoms with Crippen molar-refractivity contribution in [2.24, 2.45) is 0 Å². The predicted molar refractivity (Wildman–Crippen MR) is 130 cm³/mol. The van der Waals surface area contributed by atoms with Crippen LogP contribution in [0.1, 0.15) is 45.8 Å². The molecule has 2 N–H and O–H groups in total. The third kappa shape index (κ3) is 5.29. The molecule has 0 spiro atoms. The molecule has 0 aliphatic heterocycles. The minimum absolute atomic E-state index is 0.114. The zero-order chi connectivity index (χ0) is 23.4. The molecule has 0 aliphatic carbocycles. The highest BCUT2D eigenvalue weighted by molar-refractivity contribution is 5.94. The summed E-state index contributed by atoms with van der Waals surface area (Å²) in [5, 5.41) is 6.00. The second-order valence-corrected chi connectivity index (χ2v) is 8.37. The van der Waals surface area contributed by atoms with E-state index in [1.165, 1.54) is 5.56 Å². The van der Waals surface area contributed by atoms with Crippen LogP contribution in [0.3, 0.4) is 0 Å². The van der Waals surface area contributed by atoms with E-state index in [0.717, 1.165) is 22.2 Å². The molecule has 3 aromatic carbocycles. The van der Waals surface area contributed by atoms with Gasteiger partial charge in [0.25, 0.3) is 5.91 Å². The van der Waals surface area contributed by atoms with Crippen molar-refractivity contribution in [2.45, 2.75) is 39.9 Å². The van der Waals surface area contributed by atoms with E-state index in [2.05, 4.69) is 10.6 Å². The number of fused-ring (bicyclic) bond motifs is 1. The van der Waals surface area contributed by atoms with Crippen molar-refractivity contribution in [3.63, 3.8) is 0 Å². The Morgan fingerprint density at radius 3 is 2.24 bits per heavy atom. The molecule has 1 heterocycles. The highest BCUT2D eigenvalue weighted by atomic mass is 16.2. The maximum Gasteiger partial charge on any atom is 0.251 e. The van der Waals surface area contributed by atoms with Gasteiger partial charge in [-0.15, -0.1) is 0 Å². The van der Waals surface area contributed by atoms with Crippen molar-refractivity contribution in [3.8, 4) is 0 Å². The minimum Gasteiger partial charge on any atom is -0.350 e. The van der Waals surface area contributed by atoms with E-state index in [1.807, 2.05) is 86.0 Å². The lowest BCUT2D eigenvalue weighted by Gasteiger charge is -2.16. The molecular formula is C27H28N4O2. The molecule has 4 aromatic rings. The number of rotatable bonds is 7. The lowest BCUT2D eigenvalue weighted by atomic mass is 10.1. The van der Waals surface area contributed by atoms with Crippen LogP contribution in [0, 0.1) is 13.8 Å². The molecule has 2 amide bonds. The number of para-hydroxylation sites is 2. The summed E-state index contributed by atoms with van der Waals surface area (Å²) in [5.74, 6) is 0.351. The molecule has 6 nitrogen and oxygen atoms in total. The van der Waals surface area contributed by atoms with Gasteiger partial charge in [-0.05, 0) is 50.6 Å². The molecule has 0 aliphatic rings. The van der Waals surface area contributed by atoms with E-state index < -0.39 is 0 Å². The van der Waals surface area contributed by atoms with Crippen molar-refractivity contribution in [1.82, 2.24) is 20.2 Å². The van der Waals surface area contributed by atoms with Gasteiger partial charge in [0.05, 0.1) is 17.1 Å². The Balaban J connectivity index is 1.52. The number of amides is 2. The highest BCUT2D eigenvalue weighted by Gasteiger charge is 2.20. The minimum atomic E-state index is -0.379. The second kappa shape index (κ2) is 9.69. The Labute approximate surface area is 193 Å². The fourth-order valence-corrected chi connectivity index (χ4v) is 3.75. The fraction of sp³-hybridized carbons (Fsp3) is 0.222. The van der Waals surface area contributed by atoms with Gasteiger partial charge in [0.15, 0.2) is 0 Å². The molecule has 1 atom stereocenters. The van der Waals surface area contributed by atoms with Gasteiger partial charge in [-0.2, -0.15) is 0 Å². The zero-order valence-electron chi connectivity index (χ0n) is 19.1. The normalized spacial score (nSPS) is 11.8. The predicted octanol–water partition coefficient (Wildman–Crippen LogP) is 4.46. The number of nitrogens with one attached hydrogen (secondary N) is 2. The molecule has 0 saturated carbocycles. The Morgan fingerprint density at radius 2 is 1.55 bits per heavy atom. The third-order valence-electron chi connectivity index (χ3n) is 5.64. The largest absolute Gasteiger partial charge is 0.350 e. The molecule has 1 unspecified atom stereocenters. The first kappa shape index (κ1) is 22.3. The van der Waals surface area contributed by atoms with Crippen molar-refractivity contribution < 1.29 is 9.59 Å². The fourth-order valence-electron chi connectivity index (χ4n) is 3.75. The number of aryl methyl sites for hydroxylation is 2. The van der Waals surface area contributed by atoms with E-state index in [4.69, 9.17) is 4.98 Å². The van der Waals surface area contributed by atoms with Crippen LogP contribution in [0.5, 0.6) is 0 Å². The molecule has 0 radical (unpaired) electrons. The first-order chi connectivity index (χ1) is 15.9. The first-order valence-electron chi connectivity index (χ1n) is 11.1. The number of carbonyl (C=O) groups excluding carboxylic acids is 2. The van der Waals surface area contributed by atoms with Crippen LogP contribution < -0.4 is 10.6 Å². The zero-order valence-corrected chi connectivity index (χ0v) is 19.1. The topological polar surface area (TPSA) is 76.0 Å². The summed E-state index contributed by atoms with van der Waals surface area (Å²) < 4.78 is 1.87. The number of aromatic nitrogens is 2. The summed E-state index contributed by atoms with van der Waals surface area (Å²) in [5.41, 5.74) is 5.55. The Bertz CT molecular complexity index is 1270. The van der Waals surface area contributed by atoms with Crippen LogP contribution in [0.4, 0.5) is 0 Å². The summed E-state index contributed by atoms with van der Waals surface area (Å²) in [6.45, 7) is 6.48. The van der Waals surface area contributed by atoms with Gasteiger partial charge in [0, 0.05) is 12.1 Å². The number of hydrogen-bond donors (Lipinski definition) is 2. The molecule has 0 saturated heterocycles. The average Bonchev–Trinajstić information content (AvgIpc) is 3.17. The lowest BCUT2D eigenvalue weighted by molar-refractivity contribution is -0.121. The number of imidazole rings is 1. The van der Waals surface area contributed by atoms with Gasteiger partial charge in [0.1, 0.15) is 12.4 Å². The van der Waals surface area contributed by atoms with E-state index in [-0.39, 0.29) is 24.4 Å². The van der Waals surface area contributed by atoms with Crippen molar-refractivity contribution in [3.05, 3.63) is 101 Å². The van der Waals surface area contributed by atoms with Gasteiger partial charge in [-0.3, -0.25) is 9.59 Å². The van der Waals surface area contributed by atoms with Gasteiger partial charge in [0.2, 0.25) is 5.91 Å². The summed E-state index contributed by atoms with van der Waals surface area (Å²) in [6, 6.07) is 22.8. The smallest absolute Gasteiger partial charge is 0.251 e. The van der Waals surface area contributed by atoms with E-state index in [0.29, 0.717) is 17.9 Å². The number of carbonyl (C=O) groups is 2. The summed E-state index contributed by atoms with van der Waals surface area (Å²) in [6.07, 6.45) is 0. The highest BCUT2D eigenvalue weighted by Crippen LogP contribution is 2.21. The third-order valence-corrected chi connectivity index (χ3v) is 5.64. The average molecular weight is 441 g/mol. The van der Waals surface area contributed by atoms with Crippen LogP contribution in [0.25, 0.3) is 11.0 Å². The van der Waals surface area contributed by atoms with Gasteiger partial charge < -0.3 is 15.2 Å². The molecule has 0 bridgehead atoms. The SMILES string of the molecule is Cc1ccc(CNC(=O)Cn2c(C(C)NC(=O)c3ccc(C)cc3)nc3ccccc32)cc1. The maximum atomic E-state index is 12.8.